The van der Waals surface area contributed by atoms with Gasteiger partial charge in [-0.1, -0.05) is 18.2 Å². The van der Waals surface area contributed by atoms with E-state index in [0.29, 0.717) is 28.4 Å². The van der Waals surface area contributed by atoms with Crippen molar-refractivity contribution in [3.63, 3.8) is 0 Å². The minimum absolute atomic E-state index is 0.195. The lowest BCUT2D eigenvalue weighted by Crippen LogP contribution is -1.97. The minimum atomic E-state index is -0.989. The summed E-state index contributed by atoms with van der Waals surface area (Å²) in [6.07, 6.45) is 1.73. The molecule has 0 aliphatic rings. The first-order chi connectivity index (χ1) is 12.6. The first-order valence-electron chi connectivity index (χ1n) is 7.82. The van der Waals surface area contributed by atoms with Crippen LogP contribution in [0.4, 0.5) is 16.0 Å². The van der Waals surface area contributed by atoms with Crippen molar-refractivity contribution in [2.75, 3.05) is 5.32 Å². The van der Waals surface area contributed by atoms with Crippen molar-refractivity contribution in [1.82, 2.24) is 14.6 Å². The van der Waals surface area contributed by atoms with E-state index in [1.54, 1.807) is 53.2 Å². The highest BCUT2D eigenvalue weighted by Crippen LogP contribution is 2.27. The van der Waals surface area contributed by atoms with Gasteiger partial charge in [-0.15, -0.1) is 5.10 Å². The highest BCUT2D eigenvalue weighted by Gasteiger charge is 2.12. The van der Waals surface area contributed by atoms with Crippen LogP contribution < -0.4 is 5.32 Å². The Labute approximate surface area is 147 Å². The third kappa shape index (κ3) is 2.86. The Kier molecular flexibility index (Phi) is 3.81. The third-order valence-corrected chi connectivity index (χ3v) is 3.91. The molecule has 0 atom stereocenters. The van der Waals surface area contributed by atoms with Gasteiger partial charge in [0.05, 0.1) is 5.56 Å². The highest BCUT2D eigenvalue weighted by molar-refractivity contribution is 5.88. The maximum atomic E-state index is 14.1. The lowest BCUT2D eigenvalue weighted by molar-refractivity contribution is 0.0697. The van der Waals surface area contributed by atoms with E-state index in [0.717, 1.165) is 0 Å². The summed E-state index contributed by atoms with van der Waals surface area (Å²) in [6.45, 7) is 0. The molecule has 0 amide bonds. The molecule has 26 heavy (non-hydrogen) atoms. The van der Waals surface area contributed by atoms with E-state index in [-0.39, 0.29) is 11.4 Å². The molecular formula is C19H13FN4O2. The molecule has 0 aliphatic heterocycles. The van der Waals surface area contributed by atoms with Gasteiger partial charge in [-0.05, 0) is 42.5 Å². The zero-order valence-electron chi connectivity index (χ0n) is 13.4. The van der Waals surface area contributed by atoms with E-state index in [1.807, 2.05) is 0 Å². The van der Waals surface area contributed by atoms with Crippen molar-refractivity contribution >= 4 is 23.3 Å². The maximum Gasteiger partial charge on any atom is 0.335 e. The number of hydrogen-bond acceptors (Lipinski definition) is 4. The predicted molar refractivity (Wildman–Crippen MR) is 95.1 cm³/mol. The molecule has 0 bridgehead atoms. The average Bonchev–Trinajstić information content (AvgIpc) is 3.05. The number of aromatic carboxylic acids is 1. The summed E-state index contributed by atoms with van der Waals surface area (Å²) in [6, 6.07) is 16.3. The largest absolute Gasteiger partial charge is 0.478 e. The number of carbonyl (C=O) groups is 1. The molecule has 0 unspecified atom stereocenters. The second-order valence-corrected chi connectivity index (χ2v) is 5.61. The molecule has 2 aromatic heterocycles. The van der Waals surface area contributed by atoms with Gasteiger partial charge in [0, 0.05) is 23.0 Å². The number of fused-ring (bicyclic) bond motifs is 1. The predicted octanol–water partition coefficient (Wildman–Crippen LogP) is 3.98. The molecule has 0 radical (unpaired) electrons. The number of halogens is 1. The molecule has 2 N–H and O–H groups in total. The Morgan fingerprint density at radius 2 is 1.73 bits per heavy atom. The van der Waals surface area contributed by atoms with Gasteiger partial charge in [-0.3, -0.25) is 0 Å². The lowest BCUT2D eigenvalue weighted by atomic mass is 10.1. The Bertz CT molecular complexity index is 1110. The van der Waals surface area contributed by atoms with Crippen molar-refractivity contribution in [3.8, 4) is 11.1 Å². The Morgan fingerprint density at radius 3 is 2.46 bits per heavy atom. The second-order valence-electron chi connectivity index (χ2n) is 5.61. The van der Waals surface area contributed by atoms with Gasteiger partial charge in [0.15, 0.2) is 5.65 Å². The van der Waals surface area contributed by atoms with Crippen LogP contribution in [-0.2, 0) is 0 Å². The topological polar surface area (TPSA) is 79.5 Å². The van der Waals surface area contributed by atoms with E-state index < -0.39 is 5.97 Å². The average molecular weight is 348 g/mol. The standard InChI is InChI=1S/C19H13FN4O2/c20-16-6-2-1-4-14(16)15-5-3-11-24-17(15)22-19(23-24)21-13-9-7-12(8-10-13)18(25)26/h1-11H,(H,21,23)(H,25,26). The Morgan fingerprint density at radius 1 is 1.00 bits per heavy atom. The highest BCUT2D eigenvalue weighted by atomic mass is 19.1. The fraction of sp³-hybridized carbons (Fsp3) is 0. The molecule has 2 aromatic carbocycles. The van der Waals surface area contributed by atoms with Gasteiger partial charge in [-0.2, -0.15) is 4.98 Å². The van der Waals surface area contributed by atoms with Crippen molar-refractivity contribution < 1.29 is 14.3 Å². The van der Waals surface area contributed by atoms with E-state index in [9.17, 15) is 9.18 Å². The molecule has 0 spiro atoms. The maximum absolute atomic E-state index is 14.1. The normalized spacial score (nSPS) is 10.8. The molecule has 0 saturated heterocycles. The summed E-state index contributed by atoms with van der Waals surface area (Å²) in [5.41, 5.74) is 2.44. The summed E-state index contributed by atoms with van der Waals surface area (Å²) < 4.78 is 15.7. The van der Waals surface area contributed by atoms with Crippen molar-refractivity contribution in [2.45, 2.75) is 0 Å². The zero-order valence-corrected chi connectivity index (χ0v) is 13.4. The van der Waals surface area contributed by atoms with Crippen molar-refractivity contribution in [1.29, 1.82) is 0 Å². The number of nitrogens with one attached hydrogen (secondary N) is 1. The number of anilines is 2. The number of nitrogens with zero attached hydrogens (tertiary/aromatic N) is 3. The summed E-state index contributed by atoms with van der Waals surface area (Å²) in [5, 5.41) is 16.3. The number of pyridine rings is 1. The van der Waals surface area contributed by atoms with Crippen LogP contribution in [0, 0.1) is 5.82 Å². The van der Waals surface area contributed by atoms with Crippen LogP contribution in [0.3, 0.4) is 0 Å². The molecule has 128 valence electrons. The van der Waals surface area contributed by atoms with Crippen LogP contribution in [-0.4, -0.2) is 25.7 Å². The molecule has 0 saturated carbocycles. The lowest BCUT2D eigenvalue weighted by Gasteiger charge is -2.03. The summed E-state index contributed by atoms with van der Waals surface area (Å²) in [4.78, 5) is 15.3. The van der Waals surface area contributed by atoms with Gasteiger partial charge in [0.2, 0.25) is 5.95 Å². The monoisotopic (exact) mass is 348 g/mol. The fourth-order valence-corrected chi connectivity index (χ4v) is 2.67. The fourth-order valence-electron chi connectivity index (χ4n) is 2.67. The molecule has 2 heterocycles. The van der Waals surface area contributed by atoms with Gasteiger partial charge in [-0.25, -0.2) is 13.7 Å². The van der Waals surface area contributed by atoms with Crippen LogP contribution >= 0.6 is 0 Å². The minimum Gasteiger partial charge on any atom is -0.478 e. The van der Waals surface area contributed by atoms with Crippen LogP contribution in [0.2, 0.25) is 0 Å². The molecule has 7 heteroatoms. The summed E-state index contributed by atoms with van der Waals surface area (Å²) in [5.74, 6) is -0.990. The molecule has 0 aliphatic carbocycles. The van der Waals surface area contributed by atoms with Gasteiger partial charge in [0.1, 0.15) is 5.82 Å². The summed E-state index contributed by atoms with van der Waals surface area (Å²) in [7, 11) is 0. The quantitative estimate of drug-likeness (QED) is 0.583. The third-order valence-electron chi connectivity index (χ3n) is 3.91. The first kappa shape index (κ1) is 15.8. The number of aromatic nitrogens is 3. The molecule has 6 nitrogen and oxygen atoms in total. The van der Waals surface area contributed by atoms with Gasteiger partial charge in [0.25, 0.3) is 0 Å². The van der Waals surface area contributed by atoms with Crippen LogP contribution in [0.15, 0.2) is 66.9 Å². The molecular weight excluding hydrogens is 335 g/mol. The van der Waals surface area contributed by atoms with Gasteiger partial charge < -0.3 is 10.4 Å². The van der Waals surface area contributed by atoms with Crippen molar-refractivity contribution in [3.05, 3.63) is 78.2 Å². The molecule has 4 rings (SSSR count). The molecule has 4 aromatic rings. The zero-order chi connectivity index (χ0) is 18.1. The van der Waals surface area contributed by atoms with E-state index in [1.165, 1.54) is 18.2 Å². The van der Waals surface area contributed by atoms with Crippen LogP contribution in [0.1, 0.15) is 10.4 Å². The number of carboxylic acid groups (broad SMARTS) is 1. The number of benzene rings is 2. The van der Waals surface area contributed by atoms with E-state index >= 15 is 0 Å². The first-order valence-corrected chi connectivity index (χ1v) is 7.82. The van der Waals surface area contributed by atoms with E-state index in [4.69, 9.17) is 5.11 Å². The second kappa shape index (κ2) is 6.29. The number of hydrogen-bond donors (Lipinski definition) is 2. The van der Waals surface area contributed by atoms with Crippen molar-refractivity contribution in [2.24, 2.45) is 0 Å². The Balaban J connectivity index is 1.71. The number of rotatable bonds is 4. The number of carboxylic acids is 1. The van der Waals surface area contributed by atoms with Crippen LogP contribution in [0.25, 0.3) is 16.8 Å². The van der Waals surface area contributed by atoms with Gasteiger partial charge >= 0.3 is 5.97 Å². The van der Waals surface area contributed by atoms with E-state index in [2.05, 4.69) is 15.4 Å². The molecule has 0 fully saturated rings. The smallest absolute Gasteiger partial charge is 0.335 e. The summed E-state index contributed by atoms with van der Waals surface area (Å²) >= 11 is 0. The van der Waals surface area contributed by atoms with Crippen LogP contribution in [0.5, 0.6) is 0 Å². The SMILES string of the molecule is O=C(O)c1ccc(Nc2nc3c(-c4ccccc4F)cccn3n2)cc1. The Hall–Kier alpha value is -3.74.